The molecule has 3 aromatic carbocycles. The van der Waals surface area contributed by atoms with Crippen LogP contribution >= 0.6 is 0 Å². The first-order valence-corrected chi connectivity index (χ1v) is 9.16. The highest BCUT2D eigenvalue weighted by atomic mass is 16.6. The third-order valence-electron chi connectivity index (χ3n) is 5.29. The number of esters is 1. The van der Waals surface area contributed by atoms with Crippen LogP contribution in [0, 0.1) is 0 Å². The van der Waals surface area contributed by atoms with Gasteiger partial charge in [-0.1, -0.05) is 48.5 Å². The van der Waals surface area contributed by atoms with Crippen LogP contribution in [0.5, 0.6) is 5.75 Å². The summed E-state index contributed by atoms with van der Waals surface area (Å²) in [6.07, 6.45) is 1.60. The van der Waals surface area contributed by atoms with Crippen molar-refractivity contribution in [2.24, 2.45) is 0 Å². The van der Waals surface area contributed by atoms with Gasteiger partial charge in [0.2, 0.25) is 11.7 Å². The number of hydrogen-bond donors (Lipinski definition) is 1. The maximum Gasteiger partial charge on any atom is 0.373 e. The zero-order chi connectivity index (χ0) is 19.3. The van der Waals surface area contributed by atoms with Crippen molar-refractivity contribution in [3.05, 3.63) is 83.6 Å². The minimum Gasteiger partial charge on any atom is -0.460 e. The second-order valence-electron chi connectivity index (χ2n) is 6.80. The Hall–Kier alpha value is -3.60. The summed E-state index contributed by atoms with van der Waals surface area (Å²) >= 11 is 0. The van der Waals surface area contributed by atoms with Gasteiger partial charge in [-0.15, -0.1) is 0 Å². The van der Waals surface area contributed by atoms with Crippen LogP contribution in [0.3, 0.4) is 0 Å². The van der Waals surface area contributed by atoms with Gasteiger partial charge in [0, 0.05) is 11.3 Å². The first-order valence-electron chi connectivity index (χ1n) is 9.16. The molecule has 5 nitrogen and oxygen atoms in total. The molecule has 5 heteroatoms. The normalized spacial score (nSPS) is 19.5. The van der Waals surface area contributed by atoms with Gasteiger partial charge in [-0.25, -0.2) is 4.79 Å². The number of carbonyl (C=O) groups excluding carboxylic acids is 2. The molecule has 1 amide bonds. The van der Waals surface area contributed by atoms with Gasteiger partial charge in [0.15, 0.2) is 0 Å². The van der Waals surface area contributed by atoms with Crippen LogP contribution in [0.25, 0.3) is 10.8 Å². The van der Waals surface area contributed by atoms with Crippen molar-refractivity contribution >= 4 is 28.3 Å². The summed E-state index contributed by atoms with van der Waals surface area (Å²) in [6.45, 7) is 1.95. The molecule has 0 fully saturated rings. The summed E-state index contributed by atoms with van der Waals surface area (Å²) in [5, 5.41) is 4.87. The van der Waals surface area contributed by atoms with E-state index in [9.17, 15) is 9.59 Å². The van der Waals surface area contributed by atoms with Crippen molar-refractivity contribution in [3.63, 3.8) is 0 Å². The second kappa shape index (κ2) is 5.96. The standard InChI is InChI=1S/C23H17NO4/c1-2-27-21(25)19-13-23(16-9-5-6-10-17(16)24-22(23)26)20-15-8-4-3-7-14(15)11-12-18(20)28-19/h3-13H,2H2,1H3,(H,24,26)/t23-/m0/s1. The molecule has 0 aliphatic carbocycles. The topological polar surface area (TPSA) is 64.6 Å². The van der Waals surface area contributed by atoms with Crippen LogP contribution in [0.15, 0.2) is 72.5 Å². The molecule has 1 N–H and O–H groups in total. The zero-order valence-corrected chi connectivity index (χ0v) is 15.2. The second-order valence-corrected chi connectivity index (χ2v) is 6.80. The van der Waals surface area contributed by atoms with E-state index in [-0.39, 0.29) is 18.3 Å². The van der Waals surface area contributed by atoms with Crippen molar-refractivity contribution < 1.29 is 19.1 Å². The molecule has 5 rings (SSSR count). The number of benzene rings is 3. The van der Waals surface area contributed by atoms with Crippen molar-refractivity contribution in [2.45, 2.75) is 12.3 Å². The van der Waals surface area contributed by atoms with Crippen LogP contribution in [-0.2, 0) is 19.7 Å². The Morgan fingerprint density at radius 1 is 1.07 bits per heavy atom. The molecule has 2 aliphatic heterocycles. The molecule has 0 saturated heterocycles. The van der Waals surface area contributed by atoms with Crippen LogP contribution in [0.1, 0.15) is 18.1 Å². The minimum atomic E-state index is -1.16. The van der Waals surface area contributed by atoms with Gasteiger partial charge in [-0.2, -0.15) is 0 Å². The average Bonchev–Trinajstić information content (AvgIpc) is 2.99. The largest absolute Gasteiger partial charge is 0.460 e. The predicted octanol–water partition coefficient (Wildman–Crippen LogP) is 3.92. The summed E-state index contributed by atoms with van der Waals surface area (Å²) in [5.41, 5.74) is 1.10. The summed E-state index contributed by atoms with van der Waals surface area (Å²) < 4.78 is 11.1. The SMILES string of the molecule is CCOC(=O)C1=C[C@@]2(C(=O)Nc3ccccc32)c2c(ccc3ccccc23)O1. The molecule has 1 atom stereocenters. The minimum absolute atomic E-state index is 0.0245. The van der Waals surface area contributed by atoms with E-state index in [0.717, 1.165) is 27.6 Å². The van der Waals surface area contributed by atoms with Gasteiger partial charge in [0.25, 0.3) is 0 Å². The third kappa shape index (κ3) is 2.13. The Balaban J connectivity index is 1.88. The van der Waals surface area contributed by atoms with Gasteiger partial charge in [0.05, 0.1) is 6.61 Å². The molecule has 138 valence electrons. The summed E-state index contributed by atoms with van der Waals surface area (Å²) in [7, 11) is 0. The molecular weight excluding hydrogens is 354 g/mol. The van der Waals surface area contributed by atoms with E-state index in [1.807, 2.05) is 54.6 Å². The van der Waals surface area contributed by atoms with E-state index in [1.54, 1.807) is 19.1 Å². The fraction of sp³-hybridized carbons (Fsp3) is 0.130. The van der Waals surface area contributed by atoms with E-state index in [1.165, 1.54) is 0 Å². The summed E-state index contributed by atoms with van der Waals surface area (Å²) in [5.74, 6) is -0.290. The number of ether oxygens (including phenoxy) is 2. The predicted molar refractivity (Wildman–Crippen MR) is 105 cm³/mol. The lowest BCUT2D eigenvalue weighted by Crippen LogP contribution is -2.38. The van der Waals surface area contributed by atoms with Crippen molar-refractivity contribution in [1.29, 1.82) is 0 Å². The highest BCUT2D eigenvalue weighted by Crippen LogP contribution is 2.52. The third-order valence-corrected chi connectivity index (χ3v) is 5.29. The monoisotopic (exact) mass is 371 g/mol. The number of nitrogens with one attached hydrogen (secondary N) is 1. The molecule has 28 heavy (non-hydrogen) atoms. The van der Waals surface area contributed by atoms with Crippen LogP contribution in [0.2, 0.25) is 0 Å². The molecule has 2 heterocycles. The number of carbonyl (C=O) groups is 2. The maximum absolute atomic E-state index is 13.4. The molecular formula is C23H17NO4. The zero-order valence-electron chi connectivity index (χ0n) is 15.2. The Labute approximate surface area is 161 Å². The fourth-order valence-corrected chi connectivity index (χ4v) is 4.13. The van der Waals surface area contributed by atoms with Crippen LogP contribution in [0.4, 0.5) is 5.69 Å². The summed E-state index contributed by atoms with van der Waals surface area (Å²) in [6, 6.07) is 19.1. The lowest BCUT2D eigenvalue weighted by atomic mass is 9.71. The van der Waals surface area contributed by atoms with E-state index in [2.05, 4.69) is 5.32 Å². The molecule has 2 aliphatic rings. The number of amides is 1. The van der Waals surface area contributed by atoms with Crippen molar-refractivity contribution in [3.8, 4) is 5.75 Å². The Kier molecular flexibility index (Phi) is 3.52. The van der Waals surface area contributed by atoms with Crippen molar-refractivity contribution in [1.82, 2.24) is 0 Å². The highest BCUT2D eigenvalue weighted by Gasteiger charge is 2.52. The first kappa shape index (κ1) is 16.6. The van der Waals surface area contributed by atoms with Gasteiger partial charge < -0.3 is 14.8 Å². The van der Waals surface area contributed by atoms with E-state index >= 15 is 0 Å². The van der Waals surface area contributed by atoms with Crippen molar-refractivity contribution in [2.75, 3.05) is 11.9 Å². The molecule has 0 saturated carbocycles. The number of para-hydroxylation sites is 1. The Morgan fingerprint density at radius 3 is 2.71 bits per heavy atom. The number of hydrogen-bond acceptors (Lipinski definition) is 4. The average molecular weight is 371 g/mol. The van der Waals surface area contributed by atoms with Crippen LogP contribution in [-0.4, -0.2) is 18.5 Å². The highest BCUT2D eigenvalue weighted by molar-refractivity contribution is 6.14. The van der Waals surface area contributed by atoms with Gasteiger partial charge >= 0.3 is 5.97 Å². The van der Waals surface area contributed by atoms with E-state index in [4.69, 9.17) is 9.47 Å². The molecule has 0 bridgehead atoms. The van der Waals surface area contributed by atoms with E-state index < -0.39 is 11.4 Å². The van der Waals surface area contributed by atoms with Gasteiger partial charge in [-0.05, 0) is 41.5 Å². The maximum atomic E-state index is 13.4. The number of fused-ring (bicyclic) bond motifs is 6. The lowest BCUT2D eigenvalue weighted by Gasteiger charge is -2.32. The number of rotatable bonds is 2. The lowest BCUT2D eigenvalue weighted by molar-refractivity contribution is -0.141. The molecule has 0 unspecified atom stereocenters. The first-order chi connectivity index (χ1) is 13.6. The molecule has 0 aromatic heterocycles. The number of anilines is 1. The molecule has 3 aromatic rings. The van der Waals surface area contributed by atoms with Crippen LogP contribution < -0.4 is 10.1 Å². The Morgan fingerprint density at radius 2 is 1.86 bits per heavy atom. The summed E-state index contributed by atoms with van der Waals surface area (Å²) in [4.78, 5) is 25.9. The Bertz CT molecular complexity index is 1180. The molecule has 0 radical (unpaired) electrons. The fourth-order valence-electron chi connectivity index (χ4n) is 4.13. The van der Waals surface area contributed by atoms with Gasteiger partial charge in [0.1, 0.15) is 11.2 Å². The molecule has 1 spiro atoms. The van der Waals surface area contributed by atoms with E-state index in [0.29, 0.717) is 5.75 Å². The quantitative estimate of drug-likeness (QED) is 0.694. The van der Waals surface area contributed by atoms with Gasteiger partial charge in [-0.3, -0.25) is 4.79 Å². The smallest absolute Gasteiger partial charge is 0.373 e.